The van der Waals surface area contributed by atoms with Crippen LogP contribution in [0.2, 0.25) is 0 Å². The summed E-state index contributed by atoms with van der Waals surface area (Å²) in [5.41, 5.74) is -0.572. The third-order valence-electron chi connectivity index (χ3n) is 3.37. The molecule has 5 heteroatoms. The number of alkyl carbamates (subject to hydrolysis) is 1. The molecular formula is C16H21NO4. The van der Waals surface area contributed by atoms with Crippen LogP contribution in [0.5, 0.6) is 0 Å². The molecule has 0 fully saturated rings. The van der Waals surface area contributed by atoms with Crippen LogP contribution in [0, 0.1) is 5.92 Å². The standard InChI is InChI=1S/C16H21NO4/c1-4-10-16(12(2)3,14(18)19)17-15(20)21-11-13-8-6-5-7-9-13/h4-9,12H,1,10-11H2,2-3H3,(H,17,20)(H,18,19)/t16-/m0/s1. The van der Waals surface area contributed by atoms with Gasteiger partial charge >= 0.3 is 12.1 Å². The molecule has 1 aromatic rings. The van der Waals surface area contributed by atoms with Crippen LogP contribution >= 0.6 is 0 Å². The summed E-state index contributed by atoms with van der Waals surface area (Å²) < 4.78 is 5.08. The summed E-state index contributed by atoms with van der Waals surface area (Å²) in [5, 5.41) is 11.9. The molecule has 0 aliphatic heterocycles. The summed E-state index contributed by atoms with van der Waals surface area (Å²) in [6.45, 7) is 7.11. The molecule has 0 saturated carbocycles. The van der Waals surface area contributed by atoms with E-state index in [9.17, 15) is 14.7 Å². The number of aliphatic carboxylic acids is 1. The lowest BCUT2D eigenvalue weighted by atomic mass is 9.83. The quantitative estimate of drug-likeness (QED) is 0.757. The Kier molecular flexibility index (Phi) is 5.96. The van der Waals surface area contributed by atoms with Crippen molar-refractivity contribution < 1.29 is 19.4 Å². The van der Waals surface area contributed by atoms with Crippen molar-refractivity contribution in [3.63, 3.8) is 0 Å². The van der Waals surface area contributed by atoms with Gasteiger partial charge in [0.2, 0.25) is 0 Å². The number of carbonyl (C=O) groups excluding carboxylic acids is 1. The van der Waals surface area contributed by atoms with Crippen LogP contribution in [0.1, 0.15) is 25.8 Å². The third-order valence-corrected chi connectivity index (χ3v) is 3.37. The van der Waals surface area contributed by atoms with E-state index in [0.717, 1.165) is 5.56 Å². The van der Waals surface area contributed by atoms with E-state index < -0.39 is 17.6 Å². The second kappa shape index (κ2) is 7.47. The highest BCUT2D eigenvalue weighted by Gasteiger charge is 2.42. The van der Waals surface area contributed by atoms with Crippen LogP contribution < -0.4 is 5.32 Å². The minimum atomic E-state index is -1.41. The smallest absolute Gasteiger partial charge is 0.408 e. The number of amides is 1. The van der Waals surface area contributed by atoms with Crippen molar-refractivity contribution in [1.82, 2.24) is 5.32 Å². The largest absolute Gasteiger partial charge is 0.479 e. The van der Waals surface area contributed by atoms with Gasteiger partial charge in [0.15, 0.2) is 0 Å². The second-order valence-corrected chi connectivity index (χ2v) is 5.11. The average Bonchev–Trinajstić information content (AvgIpc) is 2.45. The van der Waals surface area contributed by atoms with Crippen molar-refractivity contribution in [2.45, 2.75) is 32.4 Å². The molecule has 5 nitrogen and oxygen atoms in total. The van der Waals surface area contributed by atoms with Gasteiger partial charge in [-0.3, -0.25) is 0 Å². The van der Waals surface area contributed by atoms with E-state index in [1.54, 1.807) is 13.8 Å². The number of carboxylic acid groups (broad SMARTS) is 1. The van der Waals surface area contributed by atoms with E-state index in [1.807, 2.05) is 30.3 Å². The predicted octanol–water partition coefficient (Wildman–Crippen LogP) is 2.97. The Labute approximate surface area is 124 Å². The first-order chi connectivity index (χ1) is 9.92. The first kappa shape index (κ1) is 16.8. The van der Waals surface area contributed by atoms with Gasteiger partial charge < -0.3 is 15.2 Å². The van der Waals surface area contributed by atoms with Crippen molar-refractivity contribution in [3.8, 4) is 0 Å². The fraction of sp³-hybridized carbons (Fsp3) is 0.375. The fourth-order valence-electron chi connectivity index (χ4n) is 1.99. The molecule has 0 aliphatic rings. The number of nitrogens with one attached hydrogen (secondary N) is 1. The number of benzene rings is 1. The van der Waals surface area contributed by atoms with Gasteiger partial charge in [-0.25, -0.2) is 9.59 Å². The van der Waals surface area contributed by atoms with E-state index in [2.05, 4.69) is 11.9 Å². The van der Waals surface area contributed by atoms with Crippen LogP contribution in [0.3, 0.4) is 0 Å². The molecule has 21 heavy (non-hydrogen) atoms. The Balaban J connectivity index is 2.72. The Morgan fingerprint density at radius 3 is 2.48 bits per heavy atom. The minimum absolute atomic E-state index is 0.0918. The summed E-state index contributed by atoms with van der Waals surface area (Å²) >= 11 is 0. The summed E-state index contributed by atoms with van der Waals surface area (Å²) in [4.78, 5) is 23.4. The highest BCUT2D eigenvalue weighted by Crippen LogP contribution is 2.22. The second-order valence-electron chi connectivity index (χ2n) is 5.11. The van der Waals surface area contributed by atoms with E-state index in [0.29, 0.717) is 0 Å². The van der Waals surface area contributed by atoms with Crippen LogP contribution in [0.15, 0.2) is 43.0 Å². The van der Waals surface area contributed by atoms with Crippen molar-refractivity contribution in [2.75, 3.05) is 0 Å². The van der Waals surface area contributed by atoms with Crippen molar-refractivity contribution in [3.05, 3.63) is 48.6 Å². The molecule has 2 N–H and O–H groups in total. The number of rotatable bonds is 7. The summed E-state index contributed by atoms with van der Waals surface area (Å²) in [5.74, 6) is -1.41. The summed E-state index contributed by atoms with van der Waals surface area (Å²) in [6, 6.07) is 9.18. The van der Waals surface area contributed by atoms with E-state index in [-0.39, 0.29) is 18.9 Å². The zero-order valence-electron chi connectivity index (χ0n) is 12.3. The molecule has 1 aromatic carbocycles. The van der Waals surface area contributed by atoms with E-state index in [4.69, 9.17) is 4.74 Å². The van der Waals surface area contributed by atoms with Crippen molar-refractivity contribution in [1.29, 1.82) is 0 Å². The van der Waals surface area contributed by atoms with Gasteiger partial charge in [-0.1, -0.05) is 50.3 Å². The average molecular weight is 291 g/mol. The molecule has 0 spiro atoms. The molecule has 1 rings (SSSR count). The lowest BCUT2D eigenvalue weighted by Crippen LogP contribution is -2.58. The highest BCUT2D eigenvalue weighted by molar-refractivity contribution is 5.85. The maximum atomic E-state index is 11.9. The molecule has 0 aromatic heterocycles. The topological polar surface area (TPSA) is 75.6 Å². The van der Waals surface area contributed by atoms with Gasteiger partial charge in [0.25, 0.3) is 0 Å². The number of carbonyl (C=O) groups is 2. The maximum absolute atomic E-state index is 11.9. The minimum Gasteiger partial charge on any atom is -0.479 e. The molecule has 0 aliphatic carbocycles. The SMILES string of the molecule is C=CC[C@@](NC(=O)OCc1ccccc1)(C(=O)O)C(C)C. The van der Waals surface area contributed by atoms with Gasteiger partial charge in [-0.2, -0.15) is 0 Å². The van der Waals surface area contributed by atoms with Gasteiger partial charge in [0.1, 0.15) is 12.1 Å². The van der Waals surface area contributed by atoms with Gasteiger partial charge in [-0.15, -0.1) is 6.58 Å². The first-order valence-corrected chi connectivity index (χ1v) is 6.75. The zero-order valence-corrected chi connectivity index (χ0v) is 12.3. The monoisotopic (exact) mass is 291 g/mol. The van der Waals surface area contributed by atoms with Gasteiger partial charge in [0, 0.05) is 0 Å². The Morgan fingerprint density at radius 1 is 1.38 bits per heavy atom. The Hall–Kier alpha value is -2.30. The third kappa shape index (κ3) is 4.34. The van der Waals surface area contributed by atoms with Gasteiger partial charge in [-0.05, 0) is 17.9 Å². The van der Waals surface area contributed by atoms with Crippen LogP contribution in [0.25, 0.3) is 0 Å². The summed E-state index contributed by atoms with van der Waals surface area (Å²) in [6.07, 6.45) is 0.850. The normalized spacial score (nSPS) is 13.3. The van der Waals surface area contributed by atoms with Crippen LogP contribution in [-0.2, 0) is 16.1 Å². The van der Waals surface area contributed by atoms with Crippen LogP contribution in [-0.4, -0.2) is 22.7 Å². The van der Waals surface area contributed by atoms with Crippen LogP contribution in [0.4, 0.5) is 4.79 Å². The molecule has 0 unspecified atom stereocenters. The Morgan fingerprint density at radius 2 is 2.00 bits per heavy atom. The van der Waals surface area contributed by atoms with E-state index >= 15 is 0 Å². The molecule has 1 amide bonds. The molecule has 0 bridgehead atoms. The predicted molar refractivity (Wildman–Crippen MR) is 79.8 cm³/mol. The molecule has 0 radical (unpaired) electrons. The molecule has 1 atom stereocenters. The molecule has 0 saturated heterocycles. The highest BCUT2D eigenvalue weighted by atomic mass is 16.5. The van der Waals surface area contributed by atoms with Crippen molar-refractivity contribution in [2.24, 2.45) is 5.92 Å². The fourth-order valence-corrected chi connectivity index (χ4v) is 1.99. The first-order valence-electron chi connectivity index (χ1n) is 6.75. The number of hydrogen-bond donors (Lipinski definition) is 2. The lowest BCUT2D eigenvalue weighted by Gasteiger charge is -2.32. The number of hydrogen-bond acceptors (Lipinski definition) is 3. The zero-order chi connectivity index (χ0) is 15.9. The number of carboxylic acids is 1. The maximum Gasteiger partial charge on any atom is 0.408 e. The molecule has 114 valence electrons. The lowest BCUT2D eigenvalue weighted by molar-refractivity contribution is -0.146. The molecular weight excluding hydrogens is 270 g/mol. The van der Waals surface area contributed by atoms with Gasteiger partial charge in [0.05, 0.1) is 0 Å². The molecule has 0 heterocycles. The van der Waals surface area contributed by atoms with E-state index in [1.165, 1.54) is 6.08 Å². The van der Waals surface area contributed by atoms with Crippen molar-refractivity contribution >= 4 is 12.1 Å². The summed E-state index contributed by atoms with van der Waals surface area (Å²) in [7, 11) is 0. The number of ether oxygens (including phenoxy) is 1. The Bertz CT molecular complexity index is 498.